The third-order valence-electron chi connectivity index (χ3n) is 7.42. The molecule has 0 bridgehead atoms. The lowest BCUT2D eigenvalue weighted by molar-refractivity contribution is -0.388. The number of piperidine rings is 1. The predicted octanol–water partition coefficient (Wildman–Crippen LogP) is 6.48. The summed E-state index contributed by atoms with van der Waals surface area (Å²) >= 11 is 0. The fourth-order valence-corrected chi connectivity index (χ4v) is 5.17. The Morgan fingerprint density at radius 3 is 1.98 bits per heavy atom. The van der Waals surface area contributed by atoms with Gasteiger partial charge in [0.05, 0.1) is 16.6 Å². The highest BCUT2D eigenvalue weighted by molar-refractivity contribution is 5.77. The first-order valence-corrected chi connectivity index (χ1v) is 13.2. The van der Waals surface area contributed by atoms with Crippen LogP contribution in [0.3, 0.4) is 0 Å². The number of anilines is 2. The minimum absolute atomic E-state index is 0.0300. The molecule has 1 saturated carbocycles. The highest BCUT2D eigenvalue weighted by atomic mass is 19.4. The standard InChI is InChI=1S/C27H30F6N4O4/c28-26(29,30)17-1-3-18(4-2-17)34-20-11-13-36(14-12-20)25(38)16-41-22-8-5-19(6-9-22)35-21-7-10-24(37(39)40)23(15-21)27(31,32)33/h1-4,7,10,15,19-20,22,34-35H,5-6,8-9,11-14,16H2. The number of hydrogen-bond acceptors (Lipinski definition) is 6. The summed E-state index contributed by atoms with van der Waals surface area (Å²) in [6.07, 6.45) is -5.73. The van der Waals surface area contributed by atoms with Gasteiger partial charge in [0, 0.05) is 42.6 Å². The van der Waals surface area contributed by atoms with E-state index >= 15 is 0 Å². The Bertz CT molecular complexity index is 1210. The lowest BCUT2D eigenvalue weighted by atomic mass is 9.92. The smallest absolute Gasteiger partial charge is 0.382 e. The van der Waals surface area contributed by atoms with Crippen molar-refractivity contribution in [3.8, 4) is 0 Å². The van der Waals surface area contributed by atoms with Gasteiger partial charge in [-0.15, -0.1) is 0 Å². The number of rotatable bonds is 8. The average Bonchev–Trinajstić information content (AvgIpc) is 2.92. The zero-order valence-corrected chi connectivity index (χ0v) is 21.9. The van der Waals surface area contributed by atoms with Crippen LogP contribution < -0.4 is 10.6 Å². The number of amides is 1. The van der Waals surface area contributed by atoms with Crippen molar-refractivity contribution < 1.29 is 40.8 Å². The minimum Gasteiger partial charge on any atom is -0.382 e. The van der Waals surface area contributed by atoms with E-state index in [4.69, 9.17) is 4.74 Å². The first-order chi connectivity index (χ1) is 19.3. The van der Waals surface area contributed by atoms with Gasteiger partial charge in [-0.1, -0.05) is 0 Å². The summed E-state index contributed by atoms with van der Waals surface area (Å²) in [5, 5.41) is 17.2. The second-order valence-electron chi connectivity index (χ2n) is 10.3. The Morgan fingerprint density at radius 1 is 0.854 bits per heavy atom. The lowest BCUT2D eigenvalue weighted by Gasteiger charge is -2.34. The van der Waals surface area contributed by atoms with E-state index in [1.807, 2.05) is 0 Å². The van der Waals surface area contributed by atoms with Crippen LogP contribution in [0.4, 0.5) is 43.4 Å². The lowest BCUT2D eigenvalue weighted by Crippen LogP contribution is -2.44. The molecule has 8 nitrogen and oxygen atoms in total. The van der Waals surface area contributed by atoms with Crippen LogP contribution in [0, 0.1) is 10.1 Å². The number of nitro groups is 1. The van der Waals surface area contributed by atoms with Crippen LogP contribution >= 0.6 is 0 Å². The third kappa shape index (κ3) is 8.24. The highest BCUT2D eigenvalue weighted by Gasteiger charge is 2.38. The summed E-state index contributed by atoms with van der Waals surface area (Å²) in [4.78, 5) is 24.2. The van der Waals surface area contributed by atoms with Crippen LogP contribution in [0.15, 0.2) is 42.5 Å². The number of nitrogens with zero attached hydrogens (tertiary/aromatic N) is 2. The Balaban J connectivity index is 1.17. The Hall–Kier alpha value is -3.55. The Labute approximate surface area is 232 Å². The number of alkyl halides is 6. The van der Waals surface area contributed by atoms with Crippen molar-refractivity contribution in [2.24, 2.45) is 0 Å². The van der Waals surface area contributed by atoms with E-state index in [1.165, 1.54) is 18.2 Å². The molecule has 2 fully saturated rings. The molecule has 14 heteroatoms. The first-order valence-electron chi connectivity index (χ1n) is 13.2. The van der Waals surface area contributed by atoms with Gasteiger partial charge in [-0.3, -0.25) is 14.9 Å². The number of carbonyl (C=O) groups is 1. The van der Waals surface area contributed by atoms with Gasteiger partial charge >= 0.3 is 12.4 Å². The van der Waals surface area contributed by atoms with Crippen molar-refractivity contribution in [1.29, 1.82) is 0 Å². The molecule has 224 valence electrons. The molecular formula is C27H30F6N4O4. The number of hydrogen-bond donors (Lipinski definition) is 2. The van der Waals surface area contributed by atoms with Crippen LogP contribution in [0.5, 0.6) is 0 Å². The van der Waals surface area contributed by atoms with E-state index in [0.29, 0.717) is 57.3 Å². The topological polar surface area (TPSA) is 96.7 Å². The van der Waals surface area contributed by atoms with E-state index < -0.39 is 34.1 Å². The molecule has 4 rings (SSSR count). The molecule has 0 radical (unpaired) electrons. The van der Waals surface area contributed by atoms with Crippen LogP contribution in [0.2, 0.25) is 0 Å². The van der Waals surface area contributed by atoms with Gasteiger partial charge in [-0.05, 0) is 74.9 Å². The van der Waals surface area contributed by atoms with Gasteiger partial charge in [0.2, 0.25) is 5.91 Å². The normalized spacial score (nSPS) is 20.5. The van der Waals surface area contributed by atoms with Crippen molar-refractivity contribution in [1.82, 2.24) is 4.90 Å². The molecule has 0 atom stereocenters. The largest absolute Gasteiger partial charge is 0.423 e. The van der Waals surface area contributed by atoms with E-state index in [0.717, 1.165) is 24.3 Å². The van der Waals surface area contributed by atoms with Gasteiger partial charge in [0.1, 0.15) is 12.2 Å². The molecule has 1 aliphatic carbocycles. The number of nitro benzene ring substituents is 1. The molecule has 2 aromatic rings. The Kier molecular flexibility index (Phi) is 9.30. The number of halogens is 6. The van der Waals surface area contributed by atoms with E-state index in [-0.39, 0.29) is 36.4 Å². The summed E-state index contributed by atoms with van der Waals surface area (Å²) in [7, 11) is 0. The molecule has 1 aliphatic heterocycles. The fourth-order valence-electron chi connectivity index (χ4n) is 5.17. The molecule has 0 unspecified atom stereocenters. The maximum absolute atomic E-state index is 13.2. The summed E-state index contributed by atoms with van der Waals surface area (Å²) in [5.74, 6) is -0.149. The second kappa shape index (κ2) is 12.5. The Morgan fingerprint density at radius 2 is 1.41 bits per heavy atom. The second-order valence-corrected chi connectivity index (χ2v) is 10.3. The number of nitrogens with one attached hydrogen (secondary N) is 2. The molecule has 2 aliphatic rings. The predicted molar refractivity (Wildman–Crippen MR) is 138 cm³/mol. The van der Waals surface area contributed by atoms with Crippen molar-refractivity contribution in [2.75, 3.05) is 30.3 Å². The molecule has 0 spiro atoms. The third-order valence-corrected chi connectivity index (χ3v) is 7.42. The number of ether oxygens (including phenoxy) is 1. The number of carbonyl (C=O) groups excluding carboxylic acids is 1. The molecule has 2 aromatic carbocycles. The van der Waals surface area contributed by atoms with Crippen LogP contribution in [-0.2, 0) is 21.9 Å². The van der Waals surface area contributed by atoms with E-state index in [1.54, 1.807) is 4.90 Å². The monoisotopic (exact) mass is 588 g/mol. The molecular weight excluding hydrogens is 558 g/mol. The SMILES string of the molecule is O=C(COC1CCC(Nc2ccc([N+](=O)[O-])c(C(F)(F)F)c2)CC1)N1CCC(Nc2ccc(C(F)(F)F)cc2)CC1. The summed E-state index contributed by atoms with van der Waals surface area (Å²) in [6.45, 7) is 0.898. The quantitative estimate of drug-likeness (QED) is 0.208. The van der Waals surface area contributed by atoms with Crippen molar-refractivity contribution >= 4 is 23.0 Å². The highest BCUT2D eigenvalue weighted by Crippen LogP contribution is 2.38. The molecule has 1 amide bonds. The van der Waals surface area contributed by atoms with Crippen LogP contribution in [0.1, 0.15) is 49.7 Å². The fraction of sp³-hybridized carbons (Fsp3) is 0.519. The molecule has 1 heterocycles. The summed E-state index contributed by atoms with van der Waals surface area (Å²) in [5.41, 5.74) is -2.27. The molecule has 41 heavy (non-hydrogen) atoms. The summed E-state index contributed by atoms with van der Waals surface area (Å²) in [6, 6.07) is 7.60. The summed E-state index contributed by atoms with van der Waals surface area (Å²) < 4.78 is 83.7. The molecule has 2 N–H and O–H groups in total. The zero-order valence-electron chi connectivity index (χ0n) is 21.9. The van der Waals surface area contributed by atoms with Crippen molar-refractivity contribution in [2.45, 2.75) is 69.1 Å². The molecule has 0 aromatic heterocycles. The first kappa shape index (κ1) is 30.4. The van der Waals surface area contributed by atoms with Gasteiger partial charge in [-0.25, -0.2) is 0 Å². The maximum Gasteiger partial charge on any atom is 0.423 e. The van der Waals surface area contributed by atoms with Crippen LogP contribution in [0.25, 0.3) is 0 Å². The van der Waals surface area contributed by atoms with E-state index in [9.17, 15) is 41.3 Å². The number of likely N-dealkylation sites (tertiary alicyclic amines) is 1. The van der Waals surface area contributed by atoms with Crippen molar-refractivity contribution in [3.05, 3.63) is 63.7 Å². The zero-order chi connectivity index (χ0) is 29.8. The maximum atomic E-state index is 13.2. The van der Waals surface area contributed by atoms with Gasteiger partial charge in [0.25, 0.3) is 5.69 Å². The van der Waals surface area contributed by atoms with Crippen molar-refractivity contribution in [3.63, 3.8) is 0 Å². The average molecular weight is 589 g/mol. The van der Waals surface area contributed by atoms with Gasteiger partial charge in [0.15, 0.2) is 0 Å². The minimum atomic E-state index is -4.85. The molecule has 1 saturated heterocycles. The number of benzene rings is 2. The van der Waals surface area contributed by atoms with Crippen LogP contribution in [-0.4, -0.2) is 53.6 Å². The van der Waals surface area contributed by atoms with Gasteiger partial charge in [-0.2, -0.15) is 26.3 Å². The van der Waals surface area contributed by atoms with Gasteiger partial charge < -0.3 is 20.3 Å². The van der Waals surface area contributed by atoms with E-state index in [2.05, 4.69) is 10.6 Å².